The molecule has 0 saturated heterocycles. The van der Waals surface area contributed by atoms with Crippen LogP contribution in [0.25, 0.3) is 10.6 Å². The molecule has 3 amide bonds. The van der Waals surface area contributed by atoms with Crippen LogP contribution in [0.4, 0.5) is 15.6 Å². The average molecular weight is 454 g/mol. The first-order valence-electron chi connectivity index (χ1n) is 10.3. The Kier molecular flexibility index (Phi) is 7.77. The lowest BCUT2D eigenvalue weighted by Crippen LogP contribution is -2.49. The van der Waals surface area contributed by atoms with Gasteiger partial charge in [0, 0.05) is 17.3 Å². The minimum Gasteiger partial charge on any atom is -0.497 e. The van der Waals surface area contributed by atoms with Gasteiger partial charge in [0.1, 0.15) is 16.8 Å². The Bertz CT molecular complexity index is 1070. The van der Waals surface area contributed by atoms with E-state index in [0.29, 0.717) is 28.0 Å². The predicted molar refractivity (Wildman–Crippen MR) is 127 cm³/mol. The maximum absolute atomic E-state index is 13.0. The molecule has 1 aromatic heterocycles. The fourth-order valence-corrected chi connectivity index (χ4v) is 3.73. The van der Waals surface area contributed by atoms with Gasteiger partial charge >= 0.3 is 6.03 Å². The Balaban J connectivity index is 1.67. The number of amides is 3. The molecule has 8 nitrogen and oxygen atoms in total. The number of ether oxygens (including phenoxy) is 1. The number of aryl methyl sites for hydroxylation is 1. The molecule has 3 rings (SSSR count). The number of hydrogen-bond donors (Lipinski definition) is 3. The van der Waals surface area contributed by atoms with Crippen molar-refractivity contribution in [3.05, 3.63) is 54.1 Å². The van der Waals surface area contributed by atoms with Gasteiger partial charge in [0.2, 0.25) is 11.0 Å². The van der Waals surface area contributed by atoms with Crippen molar-refractivity contribution in [2.24, 2.45) is 5.92 Å². The first-order chi connectivity index (χ1) is 15.4. The van der Waals surface area contributed by atoms with Gasteiger partial charge in [0.15, 0.2) is 0 Å². The Labute approximate surface area is 191 Å². The fraction of sp³-hybridized carbons (Fsp3) is 0.304. The van der Waals surface area contributed by atoms with Gasteiger partial charge in [-0.2, -0.15) is 0 Å². The van der Waals surface area contributed by atoms with E-state index >= 15 is 0 Å². The number of urea groups is 1. The van der Waals surface area contributed by atoms with Gasteiger partial charge in [-0.15, -0.1) is 10.2 Å². The van der Waals surface area contributed by atoms with Crippen LogP contribution in [0, 0.1) is 12.8 Å². The molecule has 0 spiro atoms. The first kappa shape index (κ1) is 23.2. The Hall–Kier alpha value is -3.46. The Morgan fingerprint density at radius 3 is 2.53 bits per heavy atom. The molecule has 168 valence electrons. The van der Waals surface area contributed by atoms with Crippen LogP contribution in [-0.4, -0.2) is 35.3 Å². The summed E-state index contributed by atoms with van der Waals surface area (Å²) in [6.07, 6.45) is 0.711. The van der Waals surface area contributed by atoms with Gasteiger partial charge in [-0.1, -0.05) is 67.5 Å². The van der Waals surface area contributed by atoms with E-state index < -0.39 is 12.1 Å². The number of rotatable bonds is 8. The van der Waals surface area contributed by atoms with Gasteiger partial charge in [-0.3, -0.25) is 10.1 Å². The zero-order valence-electron chi connectivity index (χ0n) is 18.5. The highest BCUT2D eigenvalue weighted by Crippen LogP contribution is 2.27. The van der Waals surface area contributed by atoms with Crippen molar-refractivity contribution in [3.63, 3.8) is 0 Å². The SMILES string of the molecule is CCC(C)C(NC(=O)Nc1cccc(OC)c1)C(=O)Nc1nnc(-c2ccc(C)cc2)s1. The molecule has 0 radical (unpaired) electrons. The van der Waals surface area contributed by atoms with E-state index in [2.05, 4.69) is 26.1 Å². The molecule has 1 heterocycles. The highest BCUT2D eigenvalue weighted by atomic mass is 32.1. The van der Waals surface area contributed by atoms with Crippen LogP contribution in [-0.2, 0) is 4.79 Å². The van der Waals surface area contributed by atoms with Crippen LogP contribution in [0.15, 0.2) is 48.5 Å². The maximum Gasteiger partial charge on any atom is 0.319 e. The smallest absolute Gasteiger partial charge is 0.319 e. The minimum atomic E-state index is -0.739. The van der Waals surface area contributed by atoms with Crippen molar-refractivity contribution >= 4 is 34.1 Å². The molecular weight excluding hydrogens is 426 g/mol. The zero-order chi connectivity index (χ0) is 23.1. The van der Waals surface area contributed by atoms with Crippen LogP contribution in [0.1, 0.15) is 25.8 Å². The van der Waals surface area contributed by atoms with Crippen LogP contribution in [0.5, 0.6) is 5.75 Å². The largest absolute Gasteiger partial charge is 0.497 e. The quantitative estimate of drug-likeness (QED) is 0.459. The standard InChI is InChI=1S/C23H27N5O3S/c1-5-15(3)19(25-22(30)24-17-7-6-8-18(13-17)31-4)20(29)26-23-28-27-21(32-23)16-11-9-14(2)10-12-16/h6-13,15,19H,5H2,1-4H3,(H2,24,25,30)(H,26,28,29). The molecule has 9 heteroatoms. The molecule has 2 atom stereocenters. The highest BCUT2D eigenvalue weighted by Gasteiger charge is 2.27. The number of aromatic nitrogens is 2. The lowest BCUT2D eigenvalue weighted by atomic mass is 9.98. The third-order valence-electron chi connectivity index (χ3n) is 5.06. The van der Waals surface area contributed by atoms with Crippen molar-refractivity contribution in [1.82, 2.24) is 15.5 Å². The molecule has 2 unspecified atom stereocenters. The molecule has 0 aliphatic carbocycles. The Morgan fingerprint density at radius 2 is 1.84 bits per heavy atom. The second-order valence-corrected chi connectivity index (χ2v) is 8.44. The summed E-state index contributed by atoms with van der Waals surface area (Å²) >= 11 is 1.29. The normalized spacial score (nSPS) is 12.5. The van der Waals surface area contributed by atoms with Gasteiger partial charge in [-0.25, -0.2) is 4.79 Å². The summed E-state index contributed by atoms with van der Waals surface area (Å²) in [6, 6.07) is 13.7. The van der Waals surface area contributed by atoms with Gasteiger partial charge in [-0.05, 0) is 25.0 Å². The molecular formula is C23H27N5O3S. The first-order valence-corrected chi connectivity index (χ1v) is 11.1. The minimum absolute atomic E-state index is 0.0875. The summed E-state index contributed by atoms with van der Waals surface area (Å²) in [5.74, 6) is 0.196. The third kappa shape index (κ3) is 6.04. The second kappa shape index (κ2) is 10.7. The van der Waals surface area contributed by atoms with E-state index in [9.17, 15) is 9.59 Å². The topological polar surface area (TPSA) is 105 Å². The van der Waals surface area contributed by atoms with Gasteiger partial charge < -0.3 is 15.4 Å². The molecule has 32 heavy (non-hydrogen) atoms. The molecule has 0 saturated carbocycles. The van der Waals surface area contributed by atoms with E-state index in [1.165, 1.54) is 11.3 Å². The number of nitrogens with one attached hydrogen (secondary N) is 3. The monoisotopic (exact) mass is 453 g/mol. The summed E-state index contributed by atoms with van der Waals surface area (Å²) in [5.41, 5.74) is 2.65. The fourth-order valence-electron chi connectivity index (χ4n) is 2.98. The zero-order valence-corrected chi connectivity index (χ0v) is 19.3. The summed E-state index contributed by atoms with van der Waals surface area (Å²) in [5, 5.41) is 17.6. The van der Waals surface area contributed by atoms with E-state index in [1.54, 1.807) is 31.4 Å². The third-order valence-corrected chi connectivity index (χ3v) is 5.95. The van der Waals surface area contributed by atoms with Crippen molar-refractivity contribution in [2.75, 3.05) is 17.7 Å². The highest BCUT2D eigenvalue weighted by molar-refractivity contribution is 7.18. The van der Waals surface area contributed by atoms with E-state index in [0.717, 1.165) is 11.1 Å². The second-order valence-electron chi connectivity index (χ2n) is 7.46. The van der Waals surface area contributed by atoms with Gasteiger partial charge in [0.05, 0.1) is 7.11 Å². The number of benzene rings is 2. The molecule has 0 bridgehead atoms. The summed E-state index contributed by atoms with van der Waals surface area (Å²) < 4.78 is 5.17. The van der Waals surface area contributed by atoms with E-state index in [4.69, 9.17) is 4.74 Å². The van der Waals surface area contributed by atoms with Gasteiger partial charge in [0.25, 0.3) is 0 Å². The molecule has 2 aromatic carbocycles. The summed E-state index contributed by atoms with van der Waals surface area (Å²) in [7, 11) is 1.56. The number of hydrogen-bond acceptors (Lipinski definition) is 6. The van der Waals surface area contributed by atoms with Crippen molar-refractivity contribution in [3.8, 4) is 16.3 Å². The predicted octanol–water partition coefficient (Wildman–Crippen LogP) is 4.70. The molecule has 0 fully saturated rings. The Morgan fingerprint density at radius 1 is 1.09 bits per heavy atom. The van der Waals surface area contributed by atoms with Crippen LogP contribution >= 0.6 is 11.3 Å². The number of carbonyl (C=O) groups excluding carboxylic acids is 2. The number of methoxy groups -OCH3 is 1. The van der Waals surface area contributed by atoms with Crippen LogP contribution < -0.4 is 20.7 Å². The van der Waals surface area contributed by atoms with Crippen LogP contribution in [0.2, 0.25) is 0 Å². The number of carbonyl (C=O) groups is 2. The summed E-state index contributed by atoms with van der Waals surface area (Å²) in [4.78, 5) is 25.5. The number of nitrogens with zero attached hydrogens (tertiary/aromatic N) is 2. The molecule has 0 aliphatic rings. The molecule has 3 aromatic rings. The maximum atomic E-state index is 13.0. The van der Waals surface area contributed by atoms with Crippen molar-refractivity contribution < 1.29 is 14.3 Å². The summed E-state index contributed by atoms with van der Waals surface area (Å²) in [6.45, 7) is 5.89. The average Bonchev–Trinajstić information content (AvgIpc) is 3.25. The van der Waals surface area contributed by atoms with E-state index in [-0.39, 0.29) is 11.8 Å². The van der Waals surface area contributed by atoms with Crippen LogP contribution in [0.3, 0.4) is 0 Å². The lowest BCUT2D eigenvalue weighted by molar-refractivity contribution is -0.119. The van der Waals surface area contributed by atoms with Crippen molar-refractivity contribution in [2.45, 2.75) is 33.2 Å². The molecule has 0 aliphatic heterocycles. The van der Waals surface area contributed by atoms with Crippen molar-refractivity contribution in [1.29, 1.82) is 0 Å². The lowest BCUT2D eigenvalue weighted by Gasteiger charge is -2.23. The van der Waals surface area contributed by atoms with E-state index in [1.807, 2.05) is 45.0 Å². The number of anilines is 2. The molecule has 3 N–H and O–H groups in total.